The van der Waals surface area contributed by atoms with Gasteiger partial charge < -0.3 is 10.5 Å². The van der Waals surface area contributed by atoms with Crippen LogP contribution in [0.4, 0.5) is 4.39 Å². The molecule has 0 amide bonds. The van der Waals surface area contributed by atoms with E-state index in [0.717, 1.165) is 0 Å². The Hall–Kier alpha value is -0.880. The van der Waals surface area contributed by atoms with Crippen LogP contribution < -0.4 is 10.5 Å². The van der Waals surface area contributed by atoms with Gasteiger partial charge >= 0.3 is 0 Å². The van der Waals surface area contributed by atoms with E-state index in [9.17, 15) is 4.39 Å². The number of hydrogen-bond donors (Lipinski definition) is 1. The summed E-state index contributed by atoms with van der Waals surface area (Å²) < 4.78 is 19.9. The van der Waals surface area contributed by atoms with Crippen molar-refractivity contribution in [2.75, 3.05) is 0 Å². The van der Waals surface area contributed by atoms with Gasteiger partial charge in [-0.1, -0.05) is 35.4 Å². The van der Waals surface area contributed by atoms with Crippen molar-refractivity contribution in [3.63, 3.8) is 0 Å². The van der Waals surface area contributed by atoms with Gasteiger partial charge in [0.05, 0.1) is 10.0 Å². The van der Waals surface area contributed by atoms with Crippen LogP contribution in [0.5, 0.6) is 11.5 Å². The Labute approximate surface area is 138 Å². The Morgan fingerprint density at radius 1 is 1.15 bits per heavy atom. The van der Waals surface area contributed by atoms with Crippen LogP contribution in [0.1, 0.15) is 5.56 Å². The second-order valence-electron chi connectivity index (χ2n) is 3.81. The molecule has 0 bridgehead atoms. The summed E-state index contributed by atoms with van der Waals surface area (Å²) in [6.45, 7) is 0. The van der Waals surface area contributed by atoms with E-state index >= 15 is 0 Å². The Bertz CT molecular complexity index is 696. The van der Waals surface area contributed by atoms with E-state index in [0.29, 0.717) is 20.1 Å². The van der Waals surface area contributed by atoms with Gasteiger partial charge in [0.1, 0.15) is 10.7 Å². The fraction of sp³-hybridized carbons (Fsp3) is 0. The maximum Gasteiger partial charge on any atom is 0.166 e. The van der Waals surface area contributed by atoms with Crippen molar-refractivity contribution in [1.29, 1.82) is 0 Å². The lowest BCUT2D eigenvalue weighted by Crippen LogP contribution is -2.09. The van der Waals surface area contributed by atoms with E-state index < -0.39 is 5.82 Å². The van der Waals surface area contributed by atoms with Gasteiger partial charge in [-0.3, -0.25) is 0 Å². The molecule has 0 aliphatic carbocycles. The van der Waals surface area contributed by atoms with Gasteiger partial charge in [-0.2, -0.15) is 0 Å². The van der Waals surface area contributed by atoms with Crippen LogP contribution in [-0.4, -0.2) is 4.99 Å². The van der Waals surface area contributed by atoms with Gasteiger partial charge in [-0.05, 0) is 40.2 Å². The molecule has 0 aliphatic heterocycles. The van der Waals surface area contributed by atoms with Gasteiger partial charge in [0.25, 0.3) is 0 Å². The number of hydrogen-bond acceptors (Lipinski definition) is 2. The maximum atomic E-state index is 13.9. The molecular weight excluding hydrogens is 388 g/mol. The molecule has 0 fully saturated rings. The summed E-state index contributed by atoms with van der Waals surface area (Å²) in [6, 6.07) is 7.26. The number of rotatable bonds is 3. The van der Waals surface area contributed by atoms with E-state index in [2.05, 4.69) is 15.9 Å². The van der Waals surface area contributed by atoms with Gasteiger partial charge in [0.2, 0.25) is 0 Å². The molecule has 2 nitrogen and oxygen atoms in total. The quantitative estimate of drug-likeness (QED) is 0.565. The van der Waals surface area contributed by atoms with Crippen LogP contribution in [0.3, 0.4) is 0 Å². The molecule has 0 saturated heterocycles. The lowest BCUT2D eigenvalue weighted by molar-refractivity contribution is 0.442. The number of ether oxygens (including phenoxy) is 1. The van der Waals surface area contributed by atoms with Gasteiger partial charge in [-0.25, -0.2) is 4.39 Å². The largest absolute Gasteiger partial charge is 0.453 e. The standard InChI is InChI=1S/C13H7BrCl2FNOS/c14-7-4-9(16)12(5-8(7)15)19-11-2-1-6(13(18)20)3-10(11)17/h1-5H,(H2,18,20). The van der Waals surface area contributed by atoms with Gasteiger partial charge in [0.15, 0.2) is 11.6 Å². The highest BCUT2D eigenvalue weighted by Gasteiger charge is 2.11. The topological polar surface area (TPSA) is 35.2 Å². The van der Waals surface area contributed by atoms with E-state index in [1.165, 1.54) is 18.2 Å². The molecule has 2 rings (SSSR count). The molecule has 0 unspecified atom stereocenters. The van der Waals surface area contributed by atoms with Gasteiger partial charge in [-0.15, -0.1) is 0 Å². The summed E-state index contributed by atoms with van der Waals surface area (Å²) in [6.07, 6.45) is 0. The Morgan fingerprint density at radius 2 is 1.85 bits per heavy atom. The second kappa shape index (κ2) is 6.26. The lowest BCUT2D eigenvalue weighted by Gasteiger charge is -2.10. The zero-order valence-corrected chi connectivity index (χ0v) is 13.7. The first-order valence-electron chi connectivity index (χ1n) is 5.30. The van der Waals surface area contributed by atoms with Crippen LogP contribution in [0.25, 0.3) is 0 Å². The highest BCUT2D eigenvalue weighted by Crippen LogP contribution is 2.37. The summed E-state index contributed by atoms with van der Waals surface area (Å²) in [7, 11) is 0. The molecule has 0 aliphatic rings. The minimum absolute atomic E-state index is 0.00490. The Morgan fingerprint density at radius 3 is 2.45 bits per heavy atom. The highest BCUT2D eigenvalue weighted by molar-refractivity contribution is 9.10. The monoisotopic (exact) mass is 393 g/mol. The third-order valence-corrected chi connectivity index (χ3v) is 4.14. The van der Waals surface area contributed by atoms with Crippen molar-refractivity contribution in [2.24, 2.45) is 5.73 Å². The molecule has 2 N–H and O–H groups in total. The molecule has 7 heteroatoms. The zero-order valence-electron chi connectivity index (χ0n) is 9.79. The first-order valence-corrected chi connectivity index (χ1v) is 7.26. The van der Waals surface area contributed by atoms with Crippen molar-refractivity contribution in [3.8, 4) is 11.5 Å². The lowest BCUT2D eigenvalue weighted by atomic mass is 10.2. The Kier molecular flexibility index (Phi) is 4.86. The number of benzene rings is 2. The normalized spacial score (nSPS) is 10.4. The molecule has 0 saturated carbocycles. The van der Waals surface area contributed by atoms with Gasteiger partial charge in [0, 0.05) is 16.1 Å². The second-order valence-corrected chi connectivity index (χ2v) is 5.92. The number of halogens is 4. The first kappa shape index (κ1) is 15.5. The molecule has 104 valence electrons. The van der Waals surface area contributed by atoms with E-state index in [4.69, 9.17) is 45.9 Å². The molecule has 0 radical (unpaired) electrons. The van der Waals surface area contributed by atoms with Crippen molar-refractivity contribution < 1.29 is 9.13 Å². The molecule has 0 atom stereocenters. The molecule has 0 spiro atoms. The highest BCUT2D eigenvalue weighted by atomic mass is 79.9. The fourth-order valence-electron chi connectivity index (χ4n) is 1.44. The zero-order chi connectivity index (χ0) is 14.9. The average Bonchev–Trinajstić information content (AvgIpc) is 2.37. The van der Waals surface area contributed by atoms with E-state index in [1.54, 1.807) is 12.1 Å². The van der Waals surface area contributed by atoms with E-state index in [1.807, 2.05) is 0 Å². The van der Waals surface area contributed by atoms with Crippen LogP contribution >= 0.6 is 51.3 Å². The molecular formula is C13H7BrCl2FNOS. The summed E-state index contributed by atoms with van der Waals surface area (Å²) in [5.41, 5.74) is 5.85. The molecule has 2 aromatic carbocycles. The number of thiocarbonyl (C=S) groups is 1. The van der Waals surface area contributed by atoms with Crippen LogP contribution in [0.2, 0.25) is 10.0 Å². The maximum absolute atomic E-state index is 13.9. The van der Waals surface area contributed by atoms with Crippen molar-refractivity contribution in [1.82, 2.24) is 0 Å². The summed E-state index contributed by atoms with van der Waals surface area (Å²) in [5.74, 6) is -0.336. The summed E-state index contributed by atoms with van der Waals surface area (Å²) in [4.78, 5) is 0.111. The SMILES string of the molecule is NC(=S)c1ccc(Oc2cc(Cl)c(Br)cc2Cl)c(F)c1. The molecule has 0 heterocycles. The average molecular weight is 395 g/mol. The van der Waals surface area contributed by atoms with Crippen molar-refractivity contribution in [2.45, 2.75) is 0 Å². The first-order chi connectivity index (χ1) is 9.38. The predicted molar refractivity (Wildman–Crippen MR) is 86.5 cm³/mol. The minimum atomic E-state index is -0.592. The van der Waals surface area contributed by atoms with E-state index in [-0.39, 0.29) is 16.5 Å². The predicted octanol–water partition coefficient (Wildman–Crippen LogP) is 5.32. The fourth-order valence-corrected chi connectivity index (χ4v) is 2.40. The van der Waals surface area contributed by atoms with Crippen LogP contribution in [0.15, 0.2) is 34.8 Å². The summed E-state index contributed by atoms with van der Waals surface area (Å²) in [5, 5.41) is 0.712. The minimum Gasteiger partial charge on any atom is -0.453 e. The third kappa shape index (κ3) is 3.41. The Balaban J connectivity index is 2.35. The molecule has 20 heavy (non-hydrogen) atoms. The smallest absolute Gasteiger partial charge is 0.166 e. The summed E-state index contributed by atoms with van der Waals surface area (Å²) >= 11 is 20.0. The van der Waals surface area contributed by atoms with Crippen LogP contribution in [0, 0.1) is 5.82 Å². The molecule has 0 aromatic heterocycles. The van der Waals surface area contributed by atoms with Crippen molar-refractivity contribution in [3.05, 3.63) is 56.2 Å². The molecule has 2 aromatic rings. The number of nitrogens with two attached hydrogens (primary N) is 1. The van der Waals surface area contributed by atoms with Crippen LogP contribution in [-0.2, 0) is 0 Å². The third-order valence-electron chi connectivity index (χ3n) is 2.41. The van der Waals surface area contributed by atoms with Crippen molar-refractivity contribution >= 4 is 56.3 Å².